The van der Waals surface area contributed by atoms with Crippen molar-refractivity contribution in [3.05, 3.63) is 29.8 Å². The molecule has 0 atom stereocenters. The summed E-state index contributed by atoms with van der Waals surface area (Å²) in [6, 6.07) is 5.83. The minimum Gasteiger partial charge on any atom is -0.406 e. The zero-order valence-corrected chi connectivity index (χ0v) is 11.6. The molecule has 1 aromatic rings. The van der Waals surface area contributed by atoms with Gasteiger partial charge < -0.3 is 10.1 Å². The Morgan fingerprint density at radius 3 is 2.38 bits per heavy atom. The third kappa shape index (κ3) is 5.75. The molecule has 0 radical (unpaired) electrons. The largest absolute Gasteiger partial charge is 0.573 e. The van der Waals surface area contributed by atoms with Gasteiger partial charge in [0.1, 0.15) is 5.75 Å². The number of carbonyl (C=O) groups is 1. The fraction of sp³-hybridized carbons (Fsp3) is 0.533. The molecule has 2 rings (SSSR count). The first-order valence-electron chi connectivity index (χ1n) is 7.02. The summed E-state index contributed by atoms with van der Waals surface area (Å²) in [7, 11) is 0. The molecule has 0 bridgehead atoms. The zero-order valence-electron chi connectivity index (χ0n) is 11.6. The van der Waals surface area contributed by atoms with E-state index >= 15 is 0 Å². The van der Waals surface area contributed by atoms with Crippen molar-refractivity contribution in [2.24, 2.45) is 0 Å². The van der Waals surface area contributed by atoms with Crippen LogP contribution in [0.2, 0.25) is 0 Å². The average Bonchev–Trinajstić information content (AvgIpc) is 2.90. The van der Waals surface area contributed by atoms with E-state index in [4.69, 9.17) is 0 Å². The molecule has 1 aromatic carbocycles. The summed E-state index contributed by atoms with van der Waals surface area (Å²) in [5.74, 6) is -0.242. The van der Waals surface area contributed by atoms with E-state index in [1.807, 2.05) is 0 Å². The molecule has 0 amide bonds. The first-order valence-corrected chi connectivity index (χ1v) is 7.02. The van der Waals surface area contributed by atoms with E-state index in [0.29, 0.717) is 18.2 Å². The lowest BCUT2D eigenvalue weighted by atomic mass is 10.1. The van der Waals surface area contributed by atoms with Crippen molar-refractivity contribution in [1.29, 1.82) is 0 Å². The second kappa shape index (κ2) is 6.93. The standard InChI is InChI=1S/C15H18F3NO2/c16-15(17,18)21-14-7-5-11(6-8-14)9-13(20)10-19-12-3-1-2-4-12/h5-8,12,19H,1-4,9-10H2. The van der Waals surface area contributed by atoms with Crippen LogP contribution >= 0.6 is 0 Å². The number of halogens is 3. The van der Waals surface area contributed by atoms with Crippen molar-refractivity contribution in [2.75, 3.05) is 6.54 Å². The highest BCUT2D eigenvalue weighted by Gasteiger charge is 2.30. The number of hydrogen-bond donors (Lipinski definition) is 1. The Morgan fingerprint density at radius 2 is 1.81 bits per heavy atom. The van der Waals surface area contributed by atoms with Crippen LogP contribution in [0.4, 0.5) is 13.2 Å². The number of rotatable bonds is 6. The fourth-order valence-corrected chi connectivity index (χ4v) is 2.49. The van der Waals surface area contributed by atoms with Crippen molar-refractivity contribution < 1.29 is 22.7 Å². The first kappa shape index (κ1) is 15.8. The number of carbonyl (C=O) groups excluding carboxylic acids is 1. The molecule has 21 heavy (non-hydrogen) atoms. The van der Waals surface area contributed by atoms with Gasteiger partial charge in [-0.25, -0.2) is 0 Å². The van der Waals surface area contributed by atoms with Gasteiger partial charge >= 0.3 is 6.36 Å². The van der Waals surface area contributed by atoms with Gasteiger partial charge in [0.2, 0.25) is 0 Å². The molecule has 0 heterocycles. The van der Waals surface area contributed by atoms with Gasteiger partial charge in [-0.15, -0.1) is 13.2 Å². The molecule has 0 spiro atoms. The summed E-state index contributed by atoms with van der Waals surface area (Å²) < 4.78 is 39.8. The van der Waals surface area contributed by atoms with Crippen LogP contribution in [0.1, 0.15) is 31.2 Å². The second-order valence-electron chi connectivity index (χ2n) is 5.27. The SMILES string of the molecule is O=C(CNC1CCCC1)Cc1ccc(OC(F)(F)F)cc1. The third-order valence-corrected chi connectivity index (χ3v) is 3.50. The summed E-state index contributed by atoms with van der Waals surface area (Å²) in [6.07, 6.45) is 0.140. The van der Waals surface area contributed by atoms with Crippen molar-refractivity contribution in [2.45, 2.75) is 44.5 Å². The number of alkyl halides is 3. The van der Waals surface area contributed by atoms with Crippen LogP contribution in [-0.4, -0.2) is 24.7 Å². The lowest BCUT2D eigenvalue weighted by Crippen LogP contribution is -2.32. The average molecular weight is 301 g/mol. The molecule has 116 valence electrons. The van der Waals surface area contributed by atoms with Crippen LogP contribution in [0.5, 0.6) is 5.75 Å². The topological polar surface area (TPSA) is 38.3 Å². The monoisotopic (exact) mass is 301 g/mol. The molecule has 6 heteroatoms. The van der Waals surface area contributed by atoms with Gasteiger partial charge in [-0.05, 0) is 30.5 Å². The summed E-state index contributed by atoms with van der Waals surface area (Å²) in [6.45, 7) is 0.311. The molecule has 0 aliphatic heterocycles. The molecule has 3 nitrogen and oxygen atoms in total. The number of nitrogens with one attached hydrogen (secondary N) is 1. The Hall–Kier alpha value is -1.56. The van der Waals surface area contributed by atoms with E-state index in [2.05, 4.69) is 10.1 Å². The van der Waals surface area contributed by atoms with Crippen molar-refractivity contribution in [3.63, 3.8) is 0 Å². The highest BCUT2D eigenvalue weighted by atomic mass is 19.4. The normalized spacial score (nSPS) is 16.1. The Balaban J connectivity index is 1.78. The highest BCUT2D eigenvalue weighted by molar-refractivity contribution is 5.82. The lowest BCUT2D eigenvalue weighted by Gasteiger charge is -2.11. The zero-order chi connectivity index (χ0) is 15.3. The first-order chi connectivity index (χ1) is 9.92. The van der Waals surface area contributed by atoms with Crippen molar-refractivity contribution >= 4 is 5.78 Å². The van der Waals surface area contributed by atoms with Crippen LogP contribution in [-0.2, 0) is 11.2 Å². The van der Waals surface area contributed by atoms with Gasteiger partial charge in [0.05, 0.1) is 6.54 Å². The van der Waals surface area contributed by atoms with E-state index in [9.17, 15) is 18.0 Å². The number of Topliss-reactive ketones (excluding diaryl/α,β-unsaturated/α-hetero) is 1. The maximum atomic E-state index is 12.0. The van der Waals surface area contributed by atoms with Gasteiger partial charge in [-0.1, -0.05) is 25.0 Å². The molecule has 1 N–H and O–H groups in total. The maximum Gasteiger partial charge on any atom is 0.573 e. The molecular formula is C15H18F3NO2. The predicted octanol–water partition coefficient (Wildman–Crippen LogP) is 3.23. The van der Waals surface area contributed by atoms with Gasteiger partial charge in [0, 0.05) is 12.5 Å². The third-order valence-electron chi connectivity index (χ3n) is 3.50. The Bertz CT molecular complexity index is 465. The maximum absolute atomic E-state index is 12.0. The summed E-state index contributed by atoms with van der Waals surface area (Å²) in [5, 5.41) is 3.22. The minimum atomic E-state index is -4.69. The van der Waals surface area contributed by atoms with Gasteiger partial charge in [-0.2, -0.15) is 0 Å². The highest BCUT2D eigenvalue weighted by Crippen LogP contribution is 2.23. The van der Waals surface area contributed by atoms with E-state index in [-0.39, 0.29) is 18.0 Å². The second-order valence-corrected chi connectivity index (χ2v) is 5.27. The summed E-state index contributed by atoms with van der Waals surface area (Å²) in [5.41, 5.74) is 0.683. The number of benzene rings is 1. The van der Waals surface area contributed by atoms with Gasteiger partial charge in [0.25, 0.3) is 0 Å². The van der Waals surface area contributed by atoms with Gasteiger partial charge in [-0.3, -0.25) is 4.79 Å². The van der Waals surface area contributed by atoms with Crippen LogP contribution in [0, 0.1) is 0 Å². The van der Waals surface area contributed by atoms with Crippen molar-refractivity contribution in [1.82, 2.24) is 5.32 Å². The quantitative estimate of drug-likeness (QED) is 0.876. The minimum absolute atomic E-state index is 0.0337. The smallest absolute Gasteiger partial charge is 0.406 e. The number of hydrogen-bond acceptors (Lipinski definition) is 3. The number of ketones is 1. The number of ether oxygens (including phenoxy) is 1. The van der Waals surface area contributed by atoms with Crippen LogP contribution in [0.15, 0.2) is 24.3 Å². The Labute approximate surface area is 121 Å². The van der Waals surface area contributed by atoms with E-state index < -0.39 is 6.36 Å². The molecule has 0 aromatic heterocycles. The molecule has 1 aliphatic carbocycles. The molecule has 0 unspecified atom stereocenters. The fourth-order valence-electron chi connectivity index (χ4n) is 2.49. The molecule has 1 aliphatic rings. The van der Waals surface area contributed by atoms with Crippen LogP contribution < -0.4 is 10.1 Å². The molecule has 1 saturated carbocycles. The van der Waals surface area contributed by atoms with Crippen molar-refractivity contribution in [3.8, 4) is 5.75 Å². The summed E-state index contributed by atoms with van der Waals surface area (Å²) >= 11 is 0. The van der Waals surface area contributed by atoms with E-state index in [1.165, 1.54) is 37.1 Å². The van der Waals surface area contributed by atoms with E-state index in [1.54, 1.807) is 0 Å². The van der Waals surface area contributed by atoms with Crippen LogP contribution in [0.25, 0.3) is 0 Å². The molecule has 0 saturated heterocycles. The molecule has 1 fully saturated rings. The van der Waals surface area contributed by atoms with Crippen LogP contribution in [0.3, 0.4) is 0 Å². The molecular weight excluding hydrogens is 283 g/mol. The van der Waals surface area contributed by atoms with E-state index in [0.717, 1.165) is 12.8 Å². The Kier molecular flexibility index (Phi) is 5.22. The lowest BCUT2D eigenvalue weighted by molar-refractivity contribution is -0.274. The Morgan fingerprint density at radius 1 is 1.19 bits per heavy atom. The summed E-state index contributed by atoms with van der Waals surface area (Å²) in [4.78, 5) is 11.8. The van der Waals surface area contributed by atoms with Gasteiger partial charge in [0.15, 0.2) is 5.78 Å². The predicted molar refractivity (Wildman–Crippen MR) is 72.1 cm³/mol.